The van der Waals surface area contributed by atoms with Gasteiger partial charge in [-0.3, -0.25) is 9.78 Å². The first-order valence-electron chi connectivity index (χ1n) is 7.68. The molecule has 6 heteroatoms. The van der Waals surface area contributed by atoms with Crippen molar-refractivity contribution in [2.45, 2.75) is 37.8 Å². The standard InChI is InChI=1S/C16H21FN4O/c1-21(2)13-9-4-3-8-12(13)18-16-19-14-10(15(22)20-16)6-5-7-11(14)17/h5-7,12-13H,3-4,8-9H2,1-2H3,(H2,18,19,20,22). The van der Waals surface area contributed by atoms with Crippen LogP contribution in [-0.2, 0) is 0 Å². The van der Waals surface area contributed by atoms with E-state index in [0.717, 1.165) is 19.3 Å². The average molecular weight is 304 g/mol. The molecule has 0 spiro atoms. The zero-order chi connectivity index (χ0) is 15.7. The number of benzene rings is 1. The first-order chi connectivity index (χ1) is 10.6. The van der Waals surface area contributed by atoms with Crippen molar-refractivity contribution < 1.29 is 4.39 Å². The van der Waals surface area contributed by atoms with Crippen LogP contribution < -0.4 is 10.9 Å². The molecule has 0 radical (unpaired) electrons. The van der Waals surface area contributed by atoms with Crippen molar-refractivity contribution in [2.24, 2.45) is 0 Å². The highest BCUT2D eigenvalue weighted by atomic mass is 19.1. The number of halogens is 1. The zero-order valence-corrected chi connectivity index (χ0v) is 12.9. The van der Waals surface area contributed by atoms with E-state index in [0.29, 0.717) is 12.0 Å². The van der Waals surface area contributed by atoms with Crippen molar-refractivity contribution in [2.75, 3.05) is 19.4 Å². The molecule has 2 aromatic rings. The maximum Gasteiger partial charge on any atom is 0.260 e. The van der Waals surface area contributed by atoms with Gasteiger partial charge in [-0.15, -0.1) is 0 Å². The largest absolute Gasteiger partial charge is 0.351 e. The molecule has 3 rings (SSSR count). The van der Waals surface area contributed by atoms with Gasteiger partial charge >= 0.3 is 0 Å². The Balaban J connectivity index is 1.93. The van der Waals surface area contributed by atoms with E-state index in [4.69, 9.17) is 0 Å². The summed E-state index contributed by atoms with van der Waals surface area (Å²) in [5.74, 6) is -0.124. The van der Waals surface area contributed by atoms with Crippen molar-refractivity contribution in [3.63, 3.8) is 0 Å². The monoisotopic (exact) mass is 304 g/mol. The van der Waals surface area contributed by atoms with E-state index in [-0.39, 0.29) is 22.5 Å². The molecule has 2 N–H and O–H groups in total. The molecule has 22 heavy (non-hydrogen) atoms. The van der Waals surface area contributed by atoms with E-state index in [1.165, 1.54) is 18.6 Å². The highest BCUT2D eigenvalue weighted by molar-refractivity contribution is 5.78. The third-order valence-corrected chi connectivity index (χ3v) is 4.40. The molecule has 1 heterocycles. The minimum atomic E-state index is -0.473. The number of fused-ring (bicyclic) bond motifs is 1. The number of anilines is 1. The maximum atomic E-state index is 13.9. The number of rotatable bonds is 3. The minimum Gasteiger partial charge on any atom is -0.351 e. The first-order valence-corrected chi connectivity index (χ1v) is 7.68. The molecule has 1 fully saturated rings. The summed E-state index contributed by atoms with van der Waals surface area (Å²) in [7, 11) is 4.11. The zero-order valence-electron chi connectivity index (χ0n) is 12.9. The van der Waals surface area contributed by atoms with Crippen molar-refractivity contribution in [3.8, 4) is 0 Å². The summed E-state index contributed by atoms with van der Waals surface area (Å²) < 4.78 is 13.9. The number of para-hydroxylation sites is 1. The van der Waals surface area contributed by atoms with Crippen LogP contribution in [0, 0.1) is 5.82 Å². The van der Waals surface area contributed by atoms with Crippen molar-refractivity contribution >= 4 is 16.9 Å². The highest BCUT2D eigenvalue weighted by Gasteiger charge is 2.27. The molecule has 2 atom stereocenters. The van der Waals surface area contributed by atoms with Gasteiger partial charge in [0.05, 0.1) is 5.39 Å². The lowest BCUT2D eigenvalue weighted by molar-refractivity contribution is 0.211. The van der Waals surface area contributed by atoms with E-state index >= 15 is 0 Å². The molecule has 1 aromatic carbocycles. The quantitative estimate of drug-likeness (QED) is 0.914. The normalized spacial score (nSPS) is 22.2. The second-order valence-electron chi connectivity index (χ2n) is 6.12. The van der Waals surface area contributed by atoms with Crippen LogP contribution in [0.3, 0.4) is 0 Å². The third kappa shape index (κ3) is 2.83. The summed E-state index contributed by atoms with van der Waals surface area (Å²) >= 11 is 0. The van der Waals surface area contributed by atoms with Gasteiger partial charge in [-0.05, 0) is 39.1 Å². The summed E-state index contributed by atoms with van der Waals surface area (Å²) in [5.41, 5.74) is -0.199. The van der Waals surface area contributed by atoms with Gasteiger partial charge in [0.15, 0.2) is 0 Å². The van der Waals surface area contributed by atoms with Crippen LogP contribution in [0.25, 0.3) is 10.9 Å². The van der Waals surface area contributed by atoms with Crippen LogP contribution in [0.4, 0.5) is 10.3 Å². The van der Waals surface area contributed by atoms with Gasteiger partial charge < -0.3 is 10.2 Å². The SMILES string of the molecule is CN(C)C1CCCCC1Nc1nc2c(F)cccc2c(=O)[nH]1. The number of nitrogens with one attached hydrogen (secondary N) is 2. The Morgan fingerprint density at radius 1 is 1.32 bits per heavy atom. The molecule has 2 unspecified atom stereocenters. The van der Waals surface area contributed by atoms with Crippen LogP contribution >= 0.6 is 0 Å². The molecule has 0 amide bonds. The second kappa shape index (κ2) is 6.04. The smallest absolute Gasteiger partial charge is 0.260 e. The Morgan fingerprint density at radius 2 is 2.09 bits per heavy atom. The lowest BCUT2D eigenvalue weighted by Crippen LogP contribution is -2.45. The molecule has 1 aromatic heterocycles. The van der Waals surface area contributed by atoms with Crippen molar-refractivity contribution in [3.05, 3.63) is 34.4 Å². The van der Waals surface area contributed by atoms with Crippen molar-refractivity contribution in [1.29, 1.82) is 0 Å². The number of H-pyrrole nitrogens is 1. The number of nitrogens with zero attached hydrogens (tertiary/aromatic N) is 2. The van der Waals surface area contributed by atoms with Gasteiger partial charge in [-0.1, -0.05) is 18.9 Å². The topological polar surface area (TPSA) is 61.0 Å². The summed E-state index contributed by atoms with van der Waals surface area (Å²) in [4.78, 5) is 21.3. The number of aromatic nitrogens is 2. The number of likely N-dealkylation sites (N-methyl/N-ethyl adjacent to an activating group) is 1. The van der Waals surface area contributed by atoms with Gasteiger partial charge in [0.2, 0.25) is 5.95 Å². The molecule has 1 aliphatic rings. The molecule has 0 aliphatic heterocycles. The van der Waals surface area contributed by atoms with Gasteiger partial charge in [0.1, 0.15) is 11.3 Å². The van der Waals surface area contributed by atoms with E-state index < -0.39 is 5.82 Å². The van der Waals surface area contributed by atoms with E-state index in [1.807, 2.05) is 0 Å². The molecular formula is C16H21FN4O. The first kappa shape index (κ1) is 15.0. The Morgan fingerprint density at radius 3 is 2.86 bits per heavy atom. The average Bonchev–Trinajstić information content (AvgIpc) is 2.49. The summed E-state index contributed by atoms with van der Waals surface area (Å²) in [6.07, 6.45) is 4.48. The lowest BCUT2D eigenvalue weighted by atomic mass is 9.89. The predicted molar refractivity (Wildman–Crippen MR) is 85.7 cm³/mol. The Hall–Kier alpha value is -1.95. The van der Waals surface area contributed by atoms with Crippen molar-refractivity contribution in [1.82, 2.24) is 14.9 Å². The third-order valence-electron chi connectivity index (χ3n) is 4.40. The molecular weight excluding hydrogens is 283 g/mol. The second-order valence-corrected chi connectivity index (χ2v) is 6.12. The highest BCUT2D eigenvalue weighted by Crippen LogP contribution is 2.24. The lowest BCUT2D eigenvalue weighted by Gasteiger charge is -2.36. The van der Waals surface area contributed by atoms with Crippen LogP contribution in [-0.4, -0.2) is 41.0 Å². The summed E-state index contributed by atoms with van der Waals surface area (Å²) in [5, 5.41) is 3.57. The summed E-state index contributed by atoms with van der Waals surface area (Å²) in [6, 6.07) is 5.01. The number of hydrogen-bond donors (Lipinski definition) is 2. The van der Waals surface area contributed by atoms with E-state index in [1.54, 1.807) is 6.07 Å². The van der Waals surface area contributed by atoms with Gasteiger partial charge in [-0.25, -0.2) is 9.37 Å². The molecule has 118 valence electrons. The molecule has 1 saturated carbocycles. The summed E-state index contributed by atoms with van der Waals surface area (Å²) in [6.45, 7) is 0. The molecule has 5 nitrogen and oxygen atoms in total. The minimum absolute atomic E-state index is 0.117. The molecule has 0 saturated heterocycles. The van der Waals surface area contributed by atoms with Gasteiger partial charge in [-0.2, -0.15) is 0 Å². The van der Waals surface area contributed by atoms with Crippen LogP contribution in [0.1, 0.15) is 25.7 Å². The Bertz CT molecular complexity index is 728. The van der Waals surface area contributed by atoms with Crippen LogP contribution in [0.5, 0.6) is 0 Å². The maximum absolute atomic E-state index is 13.9. The predicted octanol–water partition coefficient (Wildman–Crippen LogP) is 2.35. The van der Waals surface area contributed by atoms with Crippen LogP contribution in [0.2, 0.25) is 0 Å². The van der Waals surface area contributed by atoms with E-state index in [9.17, 15) is 9.18 Å². The van der Waals surface area contributed by atoms with Gasteiger partial charge in [0.25, 0.3) is 5.56 Å². The fourth-order valence-corrected chi connectivity index (χ4v) is 3.27. The molecule has 0 bridgehead atoms. The molecule has 1 aliphatic carbocycles. The van der Waals surface area contributed by atoms with Crippen LogP contribution in [0.15, 0.2) is 23.0 Å². The number of aromatic amines is 1. The van der Waals surface area contributed by atoms with Gasteiger partial charge in [0, 0.05) is 12.1 Å². The fraction of sp³-hybridized carbons (Fsp3) is 0.500. The van der Waals surface area contributed by atoms with E-state index in [2.05, 4.69) is 34.3 Å². The fourth-order valence-electron chi connectivity index (χ4n) is 3.27. The Kier molecular flexibility index (Phi) is 4.11. The Labute approximate surface area is 128 Å². The number of hydrogen-bond acceptors (Lipinski definition) is 4.